The van der Waals surface area contributed by atoms with Gasteiger partial charge in [0.05, 0.1) is 25.0 Å². The van der Waals surface area contributed by atoms with Crippen LogP contribution in [0.1, 0.15) is 28.2 Å². The second kappa shape index (κ2) is 4.81. The van der Waals surface area contributed by atoms with Gasteiger partial charge in [-0.1, -0.05) is 5.21 Å². The molecule has 0 spiro atoms. The quantitative estimate of drug-likeness (QED) is 0.781. The highest BCUT2D eigenvalue weighted by molar-refractivity contribution is 5.91. The van der Waals surface area contributed by atoms with E-state index in [1.165, 1.54) is 0 Å². The molecule has 1 saturated heterocycles. The van der Waals surface area contributed by atoms with Gasteiger partial charge in [-0.25, -0.2) is 9.67 Å². The van der Waals surface area contributed by atoms with Crippen LogP contribution in [0.25, 0.3) is 0 Å². The van der Waals surface area contributed by atoms with Crippen LogP contribution in [0.15, 0.2) is 16.8 Å². The average Bonchev–Trinajstić information content (AvgIpc) is 2.93. The van der Waals surface area contributed by atoms with Crippen molar-refractivity contribution in [2.24, 2.45) is 0 Å². The molecule has 0 aliphatic carbocycles. The fourth-order valence-electron chi connectivity index (χ4n) is 1.75. The Morgan fingerprint density at radius 3 is 3.11 bits per heavy atom. The Morgan fingerprint density at radius 1 is 1.63 bits per heavy atom. The predicted molar refractivity (Wildman–Crippen MR) is 64.3 cm³/mol. The maximum absolute atomic E-state index is 11.9. The van der Waals surface area contributed by atoms with Crippen LogP contribution in [0, 0.1) is 6.92 Å². The molecule has 1 aliphatic heterocycles. The minimum atomic E-state index is -0.283. The third kappa shape index (κ3) is 2.48. The zero-order valence-electron chi connectivity index (χ0n) is 10.5. The van der Waals surface area contributed by atoms with Crippen molar-refractivity contribution in [1.82, 2.24) is 30.6 Å². The number of carbonyl (C=O) groups is 1. The molecule has 1 aliphatic rings. The van der Waals surface area contributed by atoms with E-state index in [0.29, 0.717) is 23.4 Å². The van der Waals surface area contributed by atoms with Crippen molar-refractivity contribution in [3.05, 3.63) is 29.7 Å². The van der Waals surface area contributed by atoms with Crippen molar-refractivity contribution in [2.75, 3.05) is 13.1 Å². The second-order valence-electron chi connectivity index (χ2n) is 4.44. The number of nitrogens with one attached hydrogen (secondary N) is 2. The number of aromatic nitrogens is 4. The third-order valence-corrected chi connectivity index (χ3v) is 2.95. The highest BCUT2D eigenvalue weighted by Gasteiger charge is 2.21. The molecule has 0 radical (unpaired) electrons. The number of amides is 1. The number of hydrogen-bond donors (Lipinski definition) is 2. The molecule has 2 aromatic heterocycles. The summed E-state index contributed by atoms with van der Waals surface area (Å²) in [4.78, 5) is 15.9. The molecule has 0 atom stereocenters. The molecule has 0 saturated carbocycles. The summed E-state index contributed by atoms with van der Waals surface area (Å²) in [7, 11) is 0. The van der Waals surface area contributed by atoms with Crippen molar-refractivity contribution in [3.8, 4) is 0 Å². The average molecular weight is 262 g/mol. The number of aryl methyl sites for hydroxylation is 1. The molecule has 19 heavy (non-hydrogen) atoms. The van der Waals surface area contributed by atoms with Crippen LogP contribution in [0.4, 0.5) is 0 Å². The van der Waals surface area contributed by atoms with Crippen molar-refractivity contribution >= 4 is 5.91 Å². The standard InChI is InChI=1S/C11H14N6O2/c1-7-2-13-10(19-7)5-14-11(18)9-6-17(16-15-9)8-3-12-4-8/h2,6,8,12H,3-5H2,1H3,(H,14,18). The van der Waals surface area contributed by atoms with E-state index in [1.807, 2.05) is 0 Å². The topological polar surface area (TPSA) is 97.9 Å². The van der Waals surface area contributed by atoms with E-state index in [2.05, 4.69) is 25.9 Å². The lowest BCUT2D eigenvalue weighted by Gasteiger charge is -2.26. The summed E-state index contributed by atoms with van der Waals surface area (Å²) in [6.45, 7) is 3.76. The van der Waals surface area contributed by atoms with Crippen LogP contribution < -0.4 is 10.6 Å². The summed E-state index contributed by atoms with van der Waals surface area (Å²) in [5.74, 6) is 0.906. The van der Waals surface area contributed by atoms with Gasteiger partial charge >= 0.3 is 0 Å². The Hall–Kier alpha value is -2.22. The lowest BCUT2D eigenvalue weighted by Crippen LogP contribution is -2.43. The first-order valence-corrected chi connectivity index (χ1v) is 6.04. The molecule has 0 bridgehead atoms. The third-order valence-electron chi connectivity index (χ3n) is 2.95. The Labute approximate surface area is 109 Å². The molecule has 100 valence electrons. The molecule has 1 amide bonds. The molecule has 2 N–H and O–H groups in total. The summed E-state index contributed by atoms with van der Waals surface area (Å²) in [5, 5.41) is 13.6. The maximum atomic E-state index is 11.9. The monoisotopic (exact) mass is 262 g/mol. The van der Waals surface area contributed by atoms with Crippen molar-refractivity contribution in [1.29, 1.82) is 0 Å². The van der Waals surface area contributed by atoms with Gasteiger partial charge in [0.1, 0.15) is 5.76 Å². The highest BCUT2D eigenvalue weighted by Crippen LogP contribution is 2.09. The van der Waals surface area contributed by atoms with E-state index in [-0.39, 0.29) is 12.5 Å². The first-order valence-electron chi connectivity index (χ1n) is 6.04. The van der Waals surface area contributed by atoms with Crippen molar-refractivity contribution < 1.29 is 9.21 Å². The molecule has 8 heteroatoms. The molecule has 1 fully saturated rings. The molecular weight excluding hydrogens is 248 g/mol. The van der Waals surface area contributed by atoms with E-state index >= 15 is 0 Å². The molecular formula is C11H14N6O2. The molecule has 3 heterocycles. The van der Waals surface area contributed by atoms with Crippen LogP contribution in [-0.4, -0.2) is 39.0 Å². The summed E-state index contributed by atoms with van der Waals surface area (Å²) in [6, 6.07) is 0.295. The van der Waals surface area contributed by atoms with E-state index in [9.17, 15) is 4.79 Å². The zero-order chi connectivity index (χ0) is 13.2. The Bertz CT molecular complexity index is 586. The van der Waals surface area contributed by atoms with Gasteiger partial charge in [0.2, 0.25) is 5.89 Å². The number of oxazole rings is 1. The SMILES string of the molecule is Cc1cnc(CNC(=O)c2cn(C3CNC3)nn2)o1. The lowest BCUT2D eigenvalue weighted by molar-refractivity contribution is 0.0942. The fourth-order valence-corrected chi connectivity index (χ4v) is 1.75. The lowest BCUT2D eigenvalue weighted by atomic mass is 10.2. The van der Waals surface area contributed by atoms with Gasteiger partial charge in [0.25, 0.3) is 5.91 Å². The van der Waals surface area contributed by atoms with Gasteiger partial charge in [0, 0.05) is 13.1 Å². The number of nitrogens with zero attached hydrogens (tertiary/aromatic N) is 4. The van der Waals surface area contributed by atoms with Gasteiger partial charge in [0.15, 0.2) is 5.69 Å². The smallest absolute Gasteiger partial charge is 0.273 e. The molecule has 2 aromatic rings. The van der Waals surface area contributed by atoms with Gasteiger partial charge in [-0.05, 0) is 6.92 Å². The van der Waals surface area contributed by atoms with Crippen molar-refractivity contribution in [3.63, 3.8) is 0 Å². The highest BCUT2D eigenvalue weighted by atomic mass is 16.4. The van der Waals surface area contributed by atoms with Crippen LogP contribution >= 0.6 is 0 Å². The van der Waals surface area contributed by atoms with Gasteiger partial charge in [-0.3, -0.25) is 4.79 Å². The number of hydrogen-bond acceptors (Lipinski definition) is 6. The number of rotatable bonds is 4. The van der Waals surface area contributed by atoms with Gasteiger partial charge in [-0.15, -0.1) is 5.10 Å². The Kier molecular flexibility index (Phi) is 3.00. The summed E-state index contributed by atoms with van der Waals surface area (Å²) < 4.78 is 6.97. The van der Waals surface area contributed by atoms with Crippen LogP contribution in [0.3, 0.4) is 0 Å². The van der Waals surface area contributed by atoms with E-state index in [0.717, 1.165) is 13.1 Å². The molecule has 0 aromatic carbocycles. The Balaban J connectivity index is 1.58. The summed E-state index contributed by atoms with van der Waals surface area (Å²) in [6.07, 6.45) is 3.27. The number of carbonyl (C=O) groups excluding carboxylic acids is 1. The molecule has 0 unspecified atom stereocenters. The minimum Gasteiger partial charge on any atom is -0.444 e. The van der Waals surface area contributed by atoms with Crippen LogP contribution in [-0.2, 0) is 6.54 Å². The summed E-state index contributed by atoms with van der Waals surface area (Å²) >= 11 is 0. The molecule has 8 nitrogen and oxygen atoms in total. The maximum Gasteiger partial charge on any atom is 0.273 e. The van der Waals surface area contributed by atoms with E-state index in [4.69, 9.17) is 4.42 Å². The van der Waals surface area contributed by atoms with Gasteiger partial charge < -0.3 is 15.1 Å². The Morgan fingerprint density at radius 2 is 2.47 bits per heavy atom. The van der Waals surface area contributed by atoms with E-state index < -0.39 is 0 Å². The van der Waals surface area contributed by atoms with Gasteiger partial charge in [-0.2, -0.15) is 0 Å². The van der Waals surface area contributed by atoms with Crippen LogP contribution in [0.2, 0.25) is 0 Å². The zero-order valence-corrected chi connectivity index (χ0v) is 10.5. The summed E-state index contributed by atoms with van der Waals surface area (Å²) in [5.41, 5.74) is 0.301. The minimum absolute atomic E-state index is 0.241. The normalized spacial score (nSPS) is 15.2. The van der Waals surface area contributed by atoms with Crippen molar-refractivity contribution in [2.45, 2.75) is 19.5 Å². The van der Waals surface area contributed by atoms with Crippen LogP contribution in [0.5, 0.6) is 0 Å². The first kappa shape index (κ1) is 11.8. The second-order valence-corrected chi connectivity index (χ2v) is 4.44. The fraction of sp³-hybridized carbons (Fsp3) is 0.455. The predicted octanol–water partition coefficient (Wildman–Crippen LogP) is -0.351. The van der Waals surface area contributed by atoms with E-state index in [1.54, 1.807) is 24.0 Å². The first-order chi connectivity index (χ1) is 9.22. The largest absolute Gasteiger partial charge is 0.444 e. The molecule has 3 rings (SSSR count).